The summed E-state index contributed by atoms with van der Waals surface area (Å²) >= 11 is 0. The van der Waals surface area contributed by atoms with Gasteiger partial charge in [0.15, 0.2) is 11.7 Å². The molecule has 0 atom stereocenters. The van der Waals surface area contributed by atoms with Crippen molar-refractivity contribution in [1.82, 2.24) is 15.0 Å². The lowest BCUT2D eigenvalue weighted by atomic mass is 9.78. The van der Waals surface area contributed by atoms with Crippen LogP contribution in [0.4, 0.5) is 4.39 Å². The van der Waals surface area contributed by atoms with Crippen LogP contribution in [0.1, 0.15) is 50.2 Å². The predicted molar refractivity (Wildman–Crippen MR) is 109 cm³/mol. The number of hydrogen-bond donors (Lipinski definition) is 0. The number of carbonyl (C=O) groups excluding carboxylic acids is 1. The molecule has 2 aromatic heterocycles. The van der Waals surface area contributed by atoms with E-state index >= 15 is 0 Å². The quantitative estimate of drug-likeness (QED) is 0.546. The third kappa shape index (κ3) is 4.69. The molecule has 1 aliphatic rings. The van der Waals surface area contributed by atoms with Crippen LogP contribution >= 0.6 is 0 Å². The van der Waals surface area contributed by atoms with Crippen LogP contribution in [-0.4, -0.2) is 27.4 Å². The van der Waals surface area contributed by atoms with E-state index in [-0.39, 0.29) is 24.8 Å². The molecule has 0 amide bonds. The number of aryl methyl sites for hydroxylation is 1. The SMILES string of the molecule is Cc1ncc(-c2ccc3cnc(CC(=O)C4CCC(CCCF)CC4)nc3c2)o1. The molecule has 1 aromatic carbocycles. The lowest BCUT2D eigenvalue weighted by molar-refractivity contribution is -0.123. The second-order valence-corrected chi connectivity index (χ2v) is 8.00. The molecule has 0 saturated heterocycles. The highest BCUT2D eigenvalue weighted by Crippen LogP contribution is 2.32. The Hall–Kier alpha value is -2.63. The van der Waals surface area contributed by atoms with E-state index in [1.807, 2.05) is 25.1 Å². The molecule has 1 saturated carbocycles. The molecule has 2 heterocycles. The molecule has 3 aromatic rings. The summed E-state index contributed by atoms with van der Waals surface area (Å²) < 4.78 is 17.9. The first-order chi connectivity index (χ1) is 14.1. The number of oxazole rings is 1. The molecule has 29 heavy (non-hydrogen) atoms. The zero-order valence-corrected chi connectivity index (χ0v) is 16.7. The van der Waals surface area contributed by atoms with Crippen LogP contribution in [0.5, 0.6) is 0 Å². The molecule has 6 heteroatoms. The van der Waals surface area contributed by atoms with Crippen LogP contribution in [-0.2, 0) is 11.2 Å². The lowest BCUT2D eigenvalue weighted by Crippen LogP contribution is -2.24. The van der Waals surface area contributed by atoms with Gasteiger partial charge >= 0.3 is 0 Å². The number of fused-ring (bicyclic) bond motifs is 1. The van der Waals surface area contributed by atoms with Crippen molar-refractivity contribution >= 4 is 16.7 Å². The summed E-state index contributed by atoms with van der Waals surface area (Å²) in [5, 5.41) is 0.926. The molecular weight excluding hydrogens is 369 g/mol. The van der Waals surface area contributed by atoms with Gasteiger partial charge in [-0.05, 0) is 50.5 Å². The van der Waals surface area contributed by atoms with E-state index in [0.717, 1.165) is 48.6 Å². The Balaban J connectivity index is 1.43. The van der Waals surface area contributed by atoms with Crippen LogP contribution in [0.3, 0.4) is 0 Å². The van der Waals surface area contributed by atoms with E-state index in [4.69, 9.17) is 4.42 Å². The molecule has 0 spiro atoms. The van der Waals surface area contributed by atoms with E-state index in [0.29, 0.717) is 29.8 Å². The molecule has 0 unspecified atom stereocenters. The van der Waals surface area contributed by atoms with Crippen molar-refractivity contribution in [1.29, 1.82) is 0 Å². The number of rotatable bonds is 7. The Labute approximate surface area is 169 Å². The highest BCUT2D eigenvalue weighted by molar-refractivity contribution is 5.85. The highest BCUT2D eigenvalue weighted by Gasteiger charge is 2.26. The zero-order valence-electron chi connectivity index (χ0n) is 16.7. The number of halogens is 1. The maximum atomic E-state index is 12.8. The number of carbonyl (C=O) groups is 1. The van der Waals surface area contributed by atoms with Crippen molar-refractivity contribution in [2.45, 2.75) is 51.9 Å². The molecule has 1 fully saturated rings. The van der Waals surface area contributed by atoms with Crippen LogP contribution in [0, 0.1) is 18.8 Å². The van der Waals surface area contributed by atoms with Gasteiger partial charge in [0, 0.05) is 30.0 Å². The third-order valence-electron chi connectivity index (χ3n) is 5.92. The summed E-state index contributed by atoms with van der Waals surface area (Å²) in [5.41, 5.74) is 1.70. The van der Waals surface area contributed by atoms with Crippen molar-refractivity contribution < 1.29 is 13.6 Å². The van der Waals surface area contributed by atoms with Crippen molar-refractivity contribution in [2.75, 3.05) is 6.67 Å². The fourth-order valence-corrected chi connectivity index (χ4v) is 4.23. The van der Waals surface area contributed by atoms with Gasteiger partial charge in [-0.2, -0.15) is 0 Å². The Kier molecular flexibility index (Phi) is 5.97. The monoisotopic (exact) mass is 395 g/mol. The summed E-state index contributed by atoms with van der Waals surface area (Å²) in [6.07, 6.45) is 9.17. The van der Waals surface area contributed by atoms with Crippen LogP contribution < -0.4 is 0 Å². The summed E-state index contributed by atoms with van der Waals surface area (Å²) in [5.74, 6) is 2.76. The van der Waals surface area contributed by atoms with E-state index in [1.54, 1.807) is 12.4 Å². The van der Waals surface area contributed by atoms with Gasteiger partial charge in [-0.15, -0.1) is 0 Å². The minimum atomic E-state index is -0.240. The summed E-state index contributed by atoms with van der Waals surface area (Å²) in [6, 6.07) is 5.85. The predicted octanol–water partition coefficient (Wildman–Crippen LogP) is 5.26. The lowest BCUT2D eigenvalue weighted by Gasteiger charge is -2.27. The molecule has 0 bridgehead atoms. The van der Waals surface area contributed by atoms with E-state index in [2.05, 4.69) is 15.0 Å². The molecule has 0 aliphatic heterocycles. The van der Waals surface area contributed by atoms with Gasteiger partial charge in [0.2, 0.25) is 0 Å². The Morgan fingerprint density at radius 3 is 2.72 bits per heavy atom. The maximum absolute atomic E-state index is 12.8. The van der Waals surface area contributed by atoms with Crippen LogP contribution in [0.15, 0.2) is 35.0 Å². The highest BCUT2D eigenvalue weighted by atomic mass is 19.1. The average Bonchev–Trinajstić information content (AvgIpc) is 3.18. The number of Topliss-reactive ketones (excluding diaryl/α,β-unsaturated/α-hetero) is 1. The first-order valence-electron chi connectivity index (χ1n) is 10.4. The van der Waals surface area contributed by atoms with Gasteiger partial charge in [0.25, 0.3) is 0 Å². The van der Waals surface area contributed by atoms with E-state index in [9.17, 15) is 9.18 Å². The molecule has 4 rings (SSSR count). The molecule has 152 valence electrons. The van der Waals surface area contributed by atoms with Crippen molar-refractivity contribution in [3.8, 4) is 11.3 Å². The van der Waals surface area contributed by atoms with Gasteiger partial charge in [0.1, 0.15) is 11.6 Å². The Bertz CT molecular complexity index is 993. The molecular formula is C23H26FN3O2. The molecule has 0 radical (unpaired) electrons. The van der Waals surface area contributed by atoms with Crippen molar-refractivity contribution in [3.63, 3.8) is 0 Å². The minimum absolute atomic E-state index is 0.0828. The largest absolute Gasteiger partial charge is 0.441 e. The van der Waals surface area contributed by atoms with E-state index < -0.39 is 0 Å². The number of hydrogen-bond acceptors (Lipinski definition) is 5. The first kappa shape index (κ1) is 19.7. The van der Waals surface area contributed by atoms with Crippen molar-refractivity contribution in [2.24, 2.45) is 11.8 Å². The van der Waals surface area contributed by atoms with Gasteiger partial charge in [0.05, 0.1) is 24.8 Å². The zero-order chi connectivity index (χ0) is 20.2. The Morgan fingerprint density at radius 2 is 2.00 bits per heavy atom. The summed E-state index contributed by atoms with van der Waals surface area (Å²) in [7, 11) is 0. The van der Waals surface area contributed by atoms with E-state index in [1.165, 1.54) is 0 Å². The van der Waals surface area contributed by atoms with Gasteiger partial charge in [-0.1, -0.05) is 12.1 Å². The third-order valence-corrected chi connectivity index (χ3v) is 5.92. The van der Waals surface area contributed by atoms with Gasteiger partial charge < -0.3 is 4.42 Å². The number of aromatic nitrogens is 3. The number of nitrogens with zero attached hydrogens (tertiary/aromatic N) is 3. The number of alkyl halides is 1. The fourth-order valence-electron chi connectivity index (χ4n) is 4.23. The summed E-state index contributed by atoms with van der Waals surface area (Å²) in [6.45, 7) is 1.57. The van der Waals surface area contributed by atoms with Crippen molar-refractivity contribution in [3.05, 3.63) is 42.3 Å². The topological polar surface area (TPSA) is 68.9 Å². The molecule has 5 nitrogen and oxygen atoms in total. The number of benzene rings is 1. The second kappa shape index (κ2) is 8.80. The normalized spacial score (nSPS) is 19.5. The smallest absolute Gasteiger partial charge is 0.191 e. The number of ketones is 1. The van der Waals surface area contributed by atoms with Gasteiger partial charge in [-0.25, -0.2) is 15.0 Å². The fraction of sp³-hybridized carbons (Fsp3) is 0.478. The summed E-state index contributed by atoms with van der Waals surface area (Å²) in [4.78, 5) is 25.9. The van der Waals surface area contributed by atoms with Crippen LogP contribution in [0.2, 0.25) is 0 Å². The molecule has 0 N–H and O–H groups in total. The minimum Gasteiger partial charge on any atom is -0.441 e. The maximum Gasteiger partial charge on any atom is 0.191 e. The van der Waals surface area contributed by atoms with Crippen LogP contribution in [0.25, 0.3) is 22.2 Å². The molecule has 1 aliphatic carbocycles. The first-order valence-corrected chi connectivity index (χ1v) is 10.4. The van der Waals surface area contributed by atoms with Gasteiger partial charge in [-0.3, -0.25) is 9.18 Å². The average molecular weight is 395 g/mol. The Morgan fingerprint density at radius 1 is 1.17 bits per heavy atom. The standard InChI is InChI=1S/C23H26FN3O2/c1-15-25-14-22(29-15)18-8-9-19-13-26-23(27-20(19)11-18)12-21(28)17-6-4-16(5-7-17)3-2-10-24/h8-9,11,13-14,16-17H,2-7,10,12H2,1H3. The second-order valence-electron chi connectivity index (χ2n) is 8.00.